The van der Waals surface area contributed by atoms with E-state index in [0.717, 1.165) is 37.5 Å². The van der Waals surface area contributed by atoms with Gasteiger partial charge in [0.05, 0.1) is 4.08 Å². The molecule has 5 rings (SSSR count). The fourth-order valence-electron chi connectivity index (χ4n) is 7.75. The quantitative estimate of drug-likeness (QED) is 0.491. The van der Waals surface area contributed by atoms with Crippen molar-refractivity contribution in [2.75, 3.05) is 11.5 Å². The SMILES string of the molecule is C=CC[C@@H]1CC2=CC3(CC[C@]2(C)C2CC[C@]4(C)C(=O)CCC4C21)SCCS3. The fourth-order valence-corrected chi connectivity index (χ4v) is 10.9. The molecule has 0 aromatic rings. The maximum Gasteiger partial charge on any atom is 0.139 e. The van der Waals surface area contributed by atoms with Crippen LogP contribution in [-0.2, 0) is 4.79 Å². The van der Waals surface area contributed by atoms with Crippen molar-refractivity contribution < 1.29 is 4.79 Å². The van der Waals surface area contributed by atoms with Gasteiger partial charge in [-0.05, 0) is 74.0 Å². The molecule has 1 aliphatic heterocycles. The van der Waals surface area contributed by atoms with Crippen LogP contribution in [0.2, 0.25) is 0 Å². The number of thioether (sulfide) groups is 2. The monoisotopic (exact) mass is 402 g/mol. The van der Waals surface area contributed by atoms with E-state index in [1.807, 2.05) is 0 Å². The highest BCUT2D eigenvalue weighted by Gasteiger charge is 2.61. The summed E-state index contributed by atoms with van der Waals surface area (Å²) in [7, 11) is 0. The predicted octanol–water partition coefficient (Wildman–Crippen LogP) is 6.50. The average molecular weight is 403 g/mol. The highest BCUT2D eigenvalue weighted by atomic mass is 32.2. The molecule has 148 valence electrons. The first-order valence-electron chi connectivity index (χ1n) is 11.1. The third-order valence-corrected chi connectivity index (χ3v) is 12.7. The summed E-state index contributed by atoms with van der Waals surface area (Å²) in [5, 5.41) is 0. The van der Waals surface area contributed by atoms with Gasteiger partial charge in [-0.15, -0.1) is 30.1 Å². The molecule has 0 aromatic heterocycles. The van der Waals surface area contributed by atoms with Crippen molar-refractivity contribution in [1.82, 2.24) is 0 Å². The summed E-state index contributed by atoms with van der Waals surface area (Å²) in [5.41, 5.74) is 2.13. The molecule has 1 nitrogen and oxygen atoms in total. The molecule has 0 bridgehead atoms. The molecule has 0 amide bonds. The number of hydrogen-bond acceptors (Lipinski definition) is 3. The summed E-state index contributed by atoms with van der Waals surface area (Å²) < 4.78 is 0.382. The smallest absolute Gasteiger partial charge is 0.139 e. The van der Waals surface area contributed by atoms with E-state index in [4.69, 9.17) is 0 Å². The minimum absolute atomic E-state index is 0.0226. The van der Waals surface area contributed by atoms with Crippen molar-refractivity contribution >= 4 is 29.3 Å². The zero-order chi connectivity index (χ0) is 18.9. The second-order valence-electron chi connectivity index (χ2n) is 10.3. The lowest BCUT2D eigenvalue weighted by Crippen LogP contribution is -2.54. The largest absolute Gasteiger partial charge is 0.299 e. The third kappa shape index (κ3) is 2.62. The molecule has 1 saturated heterocycles. The van der Waals surface area contributed by atoms with Crippen molar-refractivity contribution in [1.29, 1.82) is 0 Å². The van der Waals surface area contributed by atoms with Gasteiger partial charge in [0.25, 0.3) is 0 Å². The number of allylic oxidation sites excluding steroid dienone is 2. The Bertz CT molecular complexity index is 690. The van der Waals surface area contributed by atoms with E-state index in [2.05, 4.69) is 56.1 Å². The second-order valence-corrected chi connectivity index (χ2v) is 13.4. The minimum Gasteiger partial charge on any atom is -0.299 e. The van der Waals surface area contributed by atoms with Crippen LogP contribution in [0.4, 0.5) is 0 Å². The Labute approximate surface area is 173 Å². The van der Waals surface area contributed by atoms with Crippen LogP contribution in [0.15, 0.2) is 24.3 Å². The molecule has 0 N–H and O–H groups in total. The van der Waals surface area contributed by atoms with Crippen molar-refractivity contribution in [2.45, 2.75) is 69.3 Å². The van der Waals surface area contributed by atoms with E-state index >= 15 is 0 Å². The topological polar surface area (TPSA) is 17.1 Å². The Kier molecular flexibility index (Phi) is 4.49. The van der Waals surface area contributed by atoms with Crippen LogP contribution in [0.5, 0.6) is 0 Å². The predicted molar refractivity (Wildman–Crippen MR) is 118 cm³/mol. The number of ketones is 1. The highest BCUT2D eigenvalue weighted by Crippen LogP contribution is 2.68. The van der Waals surface area contributed by atoms with E-state index < -0.39 is 0 Å². The maximum atomic E-state index is 12.8. The Morgan fingerprint density at radius 2 is 1.85 bits per heavy atom. The van der Waals surface area contributed by atoms with Crippen LogP contribution >= 0.6 is 23.5 Å². The standard InChI is InChI=1S/C24H34OS2/c1-4-5-16-14-17-15-24(26-12-13-27-24)11-10-22(17,2)19-8-9-23(3)18(21(16)19)6-7-20(23)25/h4,15-16,18-19,21H,1,5-14H2,2-3H3/t16-,18?,19?,21?,22+,23+/m1/s1. The summed E-state index contributed by atoms with van der Waals surface area (Å²) in [6.45, 7) is 9.01. The van der Waals surface area contributed by atoms with Crippen LogP contribution in [0, 0.1) is 34.5 Å². The molecular weight excluding hydrogens is 368 g/mol. The van der Waals surface area contributed by atoms with Crippen molar-refractivity contribution in [3.05, 3.63) is 24.3 Å². The lowest BCUT2D eigenvalue weighted by Gasteiger charge is -2.60. The van der Waals surface area contributed by atoms with Crippen LogP contribution in [0.1, 0.15) is 65.2 Å². The van der Waals surface area contributed by atoms with Crippen molar-refractivity contribution in [2.24, 2.45) is 34.5 Å². The summed E-state index contributed by atoms with van der Waals surface area (Å²) in [6, 6.07) is 0. The molecule has 0 radical (unpaired) electrons. The van der Waals surface area contributed by atoms with Gasteiger partial charge in [-0.2, -0.15) is 0 Å². The van der Waals surface area contributed by atoms with Gasteiger partial charge in [-0.1, -0.05) is 31.6 Å². The van der Waals surface area contributed by atoms with E-state index in [1.54, 1.807) is 5.57 Å². The van der Waals surface area contributed by atoms with Gasteiger partial charge >= 0.3 is 0 Å². The van der Waals surface area contributed by atoms with Crippen molar-refractivity contribution in [3.63, 3.8) is 0 Å². The molecule has 0 aromatic carbocycles. The van der Waals surface area contributed by atoms with Crippen LogP contribution in [-0.4, -0.2) is 21.4 Å². The van der Waals surface area contributed by atoms with Gasteiger partial charge in [0.1, 0.15) is 5.78 Å². The van der Waals surface area contributed by atoms with Gasteiger partial charge in [0, 0.05) is 23.3 Å². The molecule has 4 aliphatic carbocycles. The zero-order valence-electron chi connectivity index (χ0n) is 17.0. The number of carbonyl (C=O) groups is 1. The second kappa shape index (κ2) is 6.42. The van der Waals surface area contributed by atoms with E-state index in [9.17, 15) is 4.79 Å². The van der Waals surface area contributed by atoms with Gasteiger partial charge in [0.15, 0.2) is 0 Å². The molecular formula is C24H34OS2. The summed E-state index contributed by atoms with van der Waals surface area (Å²) in [4.78, 5) is 12.8. The molecule has 4 fully saturated rings. The van der Waals surface area contributed by atoms with Crippen LogP contribution in [0.25, 0.3) is 0 Å². The maximum absolute atomic E-state index is 12.8. The van der Waals surface area contributed by atoms with Gasteiger partial charge in [-0.25, -0.2) is 0 Å². The molecule has 1 heterocycles. The first-order valence-corrected chi connectivity index (χ1v) is 13.0. The number of hydrogen-bond donors (Lipinski definition) is 0. The molecule has 3 heteroatoms. The number of rotatable bonds is 2. The number of fused-ring (bicyclic) bond motifs is 5. The first kappa shape index (κ1) is 18.9. The van der Waals surface area contributed by atoms with Gasteiger partial charge < -0.3 is 0 Å². The van der Waals surface area contributed by atoms with Crippen LogP contribution in [0.3, 0.4) is 0 Å². The van der Waals surface area contributed by atoms with Gasteiger partial charge in [-0.3, -0.25) is 4.79 Å². The molecule has 1 spiro atoms. The van der Waals surface area contributed by atoms with Crippen molar-refractivity contribution in [3.8, 4) is 0 Å². The van der Waals surface area contributed by atoms with E-state index in [1.165, 1.54) is 37.2 Å². The van der Waals surface area contributed by atoms with E-state index in [-0.39, 0.29) is 5.41 Å². The molecule has 3 unspecified atom stereocenters. The third-order valence-electron chi connectivity index (χ3n) is 9.25. The lowest BCUT2D eigenvalue weighted by molar-refractivity contribution is -0.134. The normalized spacial score (nSPS) is 47.9. The minimum atomic E-state index is -0.0226. The summed E-state index contributed by atoms with van der Waals surface area (Å²) >= 11 is 4.40. The molecule has 5 aliphatic rings. The number of Topliss-reactive ketones (excluding diaryl/α,β-unsaturated/α-hetero) is 1. The Morgan fingerprint density at radius 3 is 2.59 bits per heavy atom. The fraction of sp³-hybridized carbons (Fsp3) is 0.792. The zero-order valence-corrected chi connectivity index (χ0v) is 18.6. The Morgan fingerprint density at radius 1 is 1.11 bits per heavy atom. The van der Waals surface area contributed by atoms with E-state index in [0.29, 0.717) is 27.1 Å². The summed E-state index contributed by atoms with van der Waals surface area (Å²) in [6.07, 6.45) is 14.4. The highest BCUT2D eigenvalue weighted by molar-refractivity contribution is 8.21. The van der Waals surface area contributed by atoms with Crippen LogP contribution < -0.4 is 0 Å². The molecule has 3 saturated carbocycles. The average Bonchev–Trinajstić information content (AvgIpc) is 3.22. The molecule has 27 heavy (non-hydrogen) atoms. The lowest BCUT2D eigenvalue weighted by atomic mass is 9.45. The number of carbonyl (C=O) groups excluding carboxylic acids is 1. The summed E-state index contributed by atoms with van der Waals surface area (Å²) in [5.74, 6) is 6.03. The Hall–Kier alpha value is -0.150. The van der Waals surface area contributed by atoms with Gasteiger partial charge in [0.2, 0.25) is 0 Å². The Balaban J connectivity index is 1.55. The first-order chi connectivity index (χ1) is 12.9. The molecule has 6 atom stereocenters.